The van der Waals surface area contributed by atoms with Crippen molar-refractivity contribution in [2.45, 2.75) is 5.88 Å². The van der Waals surface area contributed by atoms with Gasteiger partial charge in [0.2, 0.25) is 0 Å². The fourth-order valence-electron chi connectivity index (χ4n) is 1.59. The molecule has 2 aromatic rings. The first kappa shape index (κ1) is 12.7. The normalized spacial score (nSPS) is 10.6. The molecular formula is C13H8Cl3F. The molecule has 0 aliphatic carbocycles. The minimum Gasteiger partial charge on any atom is -0.206 e. The minimum atomic E-state index is -0.355. The third-order valence-corrected chi connectivity index (χ3v) is 3.29. The first-order chi connectivity index (χ1) is 8.13. The third-order valence-electron chi connectivity index (χ3n) is 2.44. The fourth-order valence-corrected chi connectivity index (χ4v) is 2.19. The summed E-state index contributed by atoms with van der Waals surface area (Å²) in [7, 11) is 0. The monoisotopic (exact) mass is 288 g/mol. The largest absolute Gasteiger partial charge is 0.206 e. The molecule has 0 spiro atoms. The molecule has 0 heterocycles. The van der Waals surface area contributed by atoms with Gasteiger partial charge in [-0.25, -0.2) is 4.39 Å². The number of alkyl halides is 1. The Morgan fingerprint density at radius 3 is 2.47 bits per heavy atom. The molecule has 0 aromatic heterocycles. The van der Waals surface area contributed by atoms with Crippen LogP contribution in [0.5, 0.6) is 0 Å². The highest BCUT2D eigenvalue weighted by molar-refractivity contribution is 6.35. The van der Waals surface area contributed by atoms with Gasteiger partial charge < -0.3 is 0 Å². The van der Waals surface area contributed by atoms with E-state index in [1.165, 1.54) is 0 Å². The van der Waals surface area contributed by atoms with E-state index in [9.17, 15) is 4.39 Å². The molecule has 2 rings (SSSR count). The average molecular weight is 290 g/mol. The van der Waals surface area contributed by atoms with Crippen LogP contribution < -0.4 is 0 Å². The van der Waals surface area contributed by atoms with E-state index in [2.05, 4.69) is 0 Å². The van der Waals surface area contributed by atoms with E-state index in [-0.39, 0.29) is 11.7 Å². The van der Waals surface area contributed by atoms with Crippen molar-refractivity contribution in [1.29, 1.82) is 0 Å². The number of benzene rings is 2. The maximum atomic E-state index is 14.1. The SMILES string of the molecule is Fc1c(CCl)cccc1-c1cc(Cl)ccc1Cl. The van der Waals surface area contributed by atoms with Crippen molar-refractivity contribution >= 4 is 34.8 Å². The van der Waals surface area contributed by atoms with Crippen LogP contribution in [0.25, 0.3) is 11.1 Å². The summed E-state index contributed by atoms with van der Waals surface area (Å²) in [6, 6.07) is 9.99. The molecule has 17 heavy (non-hydrogen) atoms. The highest BCUT2D eigenvalue weighted by Gasteiger charge is 2.12. The van der Waals surface area contributed by atoms with Crippen molar-refractivity contribution in [3.63, 3.8) is 0 Å². The Hall–Kier alpha value is -0.760. The summed E-state index contributed by atoms with van der Waals surface area (Å²) in [5, 5.41) is 0.972. The van der Waals surface area contributed by atoms with Gasteiger partial charge in [-0.15, -0.1) is 11.6 Å². The van der Waals surface area contributed by atoms with Crippen LogP contribution in [0.2, 0.25) is 10.0 Å². The molecule has 4 heteroatoms. The van der Waals surface area contributed by atoms with Crippen molar-refractivity contribution in [2.75, 3.05) is 0 Å². The van der Waals surface area contributed by atoms with Crippen molar-refractivity contribution in [3.05, 3.63) is 57.8 Å². The van der Waals surface area contributed by atoms with Crippen LogP contribution in [-0.4, -0.2) is 0 Å². The molecule has 0 bridgehead atoms. The van der Waals surface area contributed by atoms with Gasteiger partial charge in [0.15, 0.2) is 0 Å². The van der Waals surface area contributed by atoms with Crippen molar-refractivity contribution < 1.29 is 4.39 Å². The summed E-state index contributed by atoms with van der Waals surface area (Å²) < 4.78 is 14.1. The molecule has 2 aromatic carbocycles. The van der Waals surface area contributed by atoms with Crippen LogP contribution in [-0.2, 0) is 5.88 Å². The Kier molecular flexibility index (Phi) is 3.93. The predicted molar refractivity (Wildman–Crippen MR) is 71.4 cm³/mol. The van der Waals surface area contributed by atoms with Crippen molar-refractivity contribution in [1.82, 2.24) is 0 Å². The zero-order valence-corrected chi connectivity index (χ0v) is 11.0. The molecule has 0 radical (unpaired) electrons. The number of halogens is 4. The summed E-state index contributed by atoms with van der Waals surface area (Å²) in [6.45, 7) is 0. The summed E-state index contributed by atoms with van der Waals surface area (Å²) in [4.78, 5) is 0. The van der Waals surface area contributed by atoms with E-state index in [1.54, 1.807) is 36.4 Å². The summed E-state index contributed by atoms with van der Waals surface area (Å²) in [6.07, 6.45) is 0. The lowest BCUT2D eigenvalue weighted by molar-refractivity contribution is 0.620. The van der Waals surface area contributed by atoms with Gasteiger partial charge in [0.1, 0.15) is 5.82 Å². The zero-order valence-electron chi connectivity index (χ0n) is 8.68. The second-order valence-electron chi connectivity index (χ2n) is 3.54. The number of hydrogen-bond acceptors (Lipinski definition) is 0. The van der Waals surface area contributed by atoms with Gasteiger partial charge in [-0.1, -0.05) is 41.4 Å². The van der Waals surface area contributed by atoms with E-state index in [0.717, 1.165) is 0 Å². The van der Waals surface area contributed by atoms with Crippen LogP contribution in [0.3, 0.4) is 0 Å². The van der Waals surface area contributed by atoms with Crippen LogP contribution in [0.1, 0.15) is 5.56 Å². The van der Waals surface area contributed by atoms with Crippen LogP contribution in [0, 0.1) is 5.82 Å². The Balaban J connectivity index is 2.64. The van der Waals surface area contributed by atoms with Crippen LogP contribution in [0.15, 0.2) is 36.4 Å². The van der Waals surface area contributed by atoms with Gasteiger partial charge in [0.05, 0.1) is 5.88 Å². The Bertz CT molecular complexity index is 552. The lowest BCUT2D eigenvalue weighted by Crippen LogP contribution is -1.91. The fraction of sp³-hybridized carbons (Fsp3) is 0.0769. The standard InChI is InChI=1S/C13H8Cl3F/c14-7-8-2-1-3-10(13(8)17)11-6-9(15)4-5-12(11)16/h1-6H,7H2. The van der Waals surface area contributed by atoms with Gasteiger partial charge in [-0.05, 0) is 18.2 Å². The highest BCUT2D eigenvalue weighted by atomic mass is 35.5. The van der Waals surface area contributed by atoms with E-state index in [4.69, 9.17) is 34.8 Å². The highest BCUT2D eigenvalue weighted by Crippen LogP contribution is 2.33. The Morgan fingerprint density at radius 2 is 1.76 bits per heavy atom. The summed E-state index contributed by atoms with van der Waals surface area (Å²) in [5.41, 5.74) is 1.43. The van der Waals surface area contributed by atoms with Gasteiger partial charge in [0.25, 0.3) is 0 Å². The molecular weight excluding hydrogens is 282 g/mol. The number of rotatable bonds is 2. The van der Waals surface area contributed by atoms with E-state index < -0.39 is 0 Å². The van der Waals surface area contributed by atoms with Gasteiger partial charge in [-0.3, -0.25) is 0 Å². The number of hydrogen-bond donors (Lipinski definition) is 0. The molecule has 0 atom stereocenters. The smallest absolute Gasteiger partial charge is 0.135 e. The van der Waals surface area contributed by atoms with Gasteiger partial charge in [-0.2, -0.15) is 0 Å². The van der Waals surface area contributed by atoms with E-state index in [1.807, 2.05) is 0 Å². The topological polar surface area (TPSA) is 0 Å². The lowest BCUT2D eigenvalue weighted by Gasteiger charge is -2.08. The first-order valence-corrected chi connectivity index (χ1v) is 6.21. The quantitative estimate of drug-likeness (QED) is 0.637. The zero-order chi connectivity index (χ0) is 12.4. The molecule has 0 nitrogen and oxygen atoms in total. The third kappa shape index (κ3) is 2.57. The molecule has 0 saturated heterocycles. The molecule has 0 aliphatic rings. The van der Waals surface area contributed by atoms with Crippen molar-refractivity contribution in [2.24, 2.45) is 0 Å². The second kappa shape index (κ2) is 5.26. The molecule has 0 aliphatic heterocycles. The lowest BCUT2D eigenvalue weighted by atomic mass is 10.0. The average Bonchev–Trinajstić information content (AvgIpc) is 2.33. The van der Waals surface area contributed by atoms with Gasteiger partial charge in [0, 0.05) is 26.7 Å². The predicted octanol–water partition coefficient (Wildman–Crippen LogP) is 5.54. The first-order valence-electron chi connectivity index (χ1n) is 4.92. The van der Waals surface area contributed by atoms with Crippen LogP contribution in [0.4, 0.5) is 4.39 Å². The molecule has 0 fully saturated rings. The van der Waals surface area contributed by atoms with Crippen molar-refractivity contribution in [3.8, 4) is 11.1 Å². The minimum absolute atomic E-state index is 0.123. The molecule has 0 unspecified atom stereocenters. The second-order valence-corrected chi connectivity index (χ2v) is 4.65. The molecule has 0 amide bonds. The van der Waals surface area contributed by atoms with Crippen LogP contribution >= 0.6 is 34.8 Å². The van der Waals surface area contributed by atoms with Gasteiger partial charge >= 0.3 is 0 Å². The summed E-state index contributed by atoms with van der Waals surface area (Å²) >= 11 is 17.6. The Labute approximate surface area is 114 Å². The maximum Gasteiger partial charge on any atom is 0.135 e. The maximum absolute atomic E-state index is 14.1. The molecule has 0 saturated carbocycles. The molecule has 0 N–H and O–H groups in total. The molecule has 88 valence electrons. The van der Waals surface area contributed by atoms with E-state index >= 15 is 0 Å². The Morgan fingerprint density at radius 1 is 1.00 bits per heavy atom. The summed E-state index contributed by atoms with van der Waals surface area (Å²) in [5.74, 6) is -0.232. The van der Waals surface area contributed by atoms with E-state index in [0.29, 0.717) is 26.7 Å².